The zero-order valence-corrected chi connectivity index (χ0v) is 16.1. The minimum absolute atomic E-state index is 0.0842. The standard InChI is InChI=1S/C19H28ClN3O2/c1-14-12-23(13-15(2)25-14)19(24)16(3)21-7-9-22(10-8-21)18-6-4-5-17(20)11-18/h4-6,11,14-16H,7-10,12-13H2,1-3H3. The Morgan fingerprint density at radius 1 is 1.16 bits per heavy atom. The number of hydrogen-bond donors (Lipinski definition) is 0. The number of benzene rings is 1. The highest BCUT2D eigenvalue weighted by atomic mass is 35.5. The summed E-state index contributed by atoms with van der Waals surface area (Å²) in [6.07, 6.45) is 0.221. The molecular formula is C19H28ClN3O2. The van der Waals surface area contributed by atoms with Crippen LogP contribution in [0.1, 0.15) is 20.8 Å². The summed E-state index contributed by atoms with van der Waals surface area (Å²) >= 11 is 6.10. The lowest BCUT2D eigenvalue weighted by atomic mass is 10.1. The van der Waals surface area contributed by atoms with Crippen LogP contribution in [0.15, 0.2) is 24.3 Å². The lowest BCUT2D eigenvalue weighted by Gasteiger charge is -2.42. The van der Waals surface area contributed by atoms with Crippen LogP contribution in [0.2, 0.25) is 5.02 Å². The Kier molecular flexibility index (Phi) is 5.87. The van der Waals surface area contributed by atoms with E-state index >= 15 is 0 Å². The van der Waals surface area contributed by atoms with Crippen LogP contribution >= 0.6 is 11.6 Å². The zero-order chi connectivity index (χ0) is 18.0. The first-order valence-corrected chi connectivity index (χ1v) is 9.50. The molecule has 0 aromatic heterocycles. The van der Waals surface area contributed by atoms with E-state index in [2.05, 4.69) is 15.9 Å². The van der Waals surface area contributed by atoms with Crippen LogP contribution in [0, 0.1) is 0 Å². The van der Waals surface area contributed by atoms with Gasteiger partial charge in [-0.1, -0.05) is 17.7 Å². The topological polar surface area (TPSA) is 36.0 Å². The van der Waals surface area contributed by atoms with Crippen LogP contribution in [-0.2, 0) is 9.53 Å². The van der Waals surface area contributed by atoms with Gasteiger partial charge in [0.05, 0.1) is 18.2 Å². The highest BCUT2D eigenvalue weighted by molar-refractivity contribution is 6.30. The van der Waals surface area contributed by atoms with Gasteiger partial charge in [0.2, 0.25) is 5.91 Å². The molecule has 2 saturated heterocycles. The summed E-state index contributed by atoms with van der Waals surface area (Å²) in [4.78, 5) is 19.5. The van der Waals surface area contributed by atoms with Crippen LogP contribution in [0.5, 0.6) is 0 Å². The Morgan fingerprint density at radius 3 is 2.40 bits per heavy atom. The predicted octanol–water partition coefficient (Wildman–Crippen LogP) is 2.49. The number of morpholine rings is 1. The molecule has 0 saturated carbocycles. The minimum atomic E-state index is -0.0842. The summed E-state index contributed by atoms with van der Waals surface area (Å²) in [7, 11) is 0. The Labute approximate surface area is 155 Å². The van der Waals surface area contributed by atoms with Crippen LogP contribution in [0.4, 0.5) is 5.69 Å². The van der Waals surface area contributed by atoms with E-state index in [-0.39, 0.29) is 24.2 Å². The molecule has 1 aromatic rings. The second-order valence-electron chi connectivity index (χ2n) is 7.18. The molecule has 1 amide bonds. The molecule has 0 radical (unpaired) electrons. The van der Waals surface area contributed by atoms with Crippen molar-refractivity contribution < 1.29 is 9.53 Å². The van der Waals surface area contributed by atoms with Crippen molar-refractivity contribution >= 4 is 23.2 Å². The first-order valence-electron chi connectivity index (χ1n) is 9.13. The van der Waals surface area contributed by atoms with Crippen molar-refractivity contribution in [2.75, 3.05) is 44.2 Å². The maximum atomic E-state index is 12.9. The number of rotatable bonds is 3. The maximum Gasteiger partial charge on any atom is 0.239 e. The fourth-order valence-electron chi connectivity index (χ4n) is 3.82. The lowest BCUT2D eigenvalue weighted by molar-refractivity contribution is -0.148. The van der Waals surface area contributed by atoms with Crippen molar-refractivity contribution in [3.8, 4) is 0 Å². The normalized spacial score (nSPS) is 26.6. The Balaban J connectivity index is 1.56. The van der Waals surface area contributed by atoms with Crippen LogP contribution in [0.3, 0.4) is 0 Å². The summed E-state index contributed by atoms with van der Waals surface area (Å²) in [5.41, 5.74) is 1.15. The quantitative estimate of drug-likeness (QED) is 0.824. The van der Waals surface area contributed by atoms with Gasteiger partial charge in [-0.3, -0.25) is 9.69 Å². The first-order chi connectivity index (χ1) is 11.9. The van der Waals surface area contributed by atoms with Crippen molar-refractivity contribution in [2.24, 2.45) is 0 Å². The molecule has 25 heavy (non-hydrogen) atoms. The molecule has 0 N–H and O–H groups in total. The lowest BCUT2D eigenvalue weighted by Crippen LogP contribution is -2.57. The summed E-state index contributed by atoms with van der Waals surface area (Å²) in [6.45, 7) is 11.1. The van der Waals surface area contributed by atoms with Gasteiger partial charge in [0.15, 0.2) is 0 Å². The first kappa shape index (κ1) is 18.5. The van der Waals surface area contributed by atoms with Gasteiger partial charge in [-0.2, -0.15) is 0 Å². The predicted molar refractivity (Wildman–Crippen MR) is 101 cm³/mol. The highest BCUT2D eigenvalue weighted by Gasteiger charge is 2.32. The number of amides is 1. The number of anilines is 1. The average Bonchev–Trinajstić information content (AvgIpc) is 2.60. The Morgan fingerprint density at radius 2 is 1.80 bits per heavy atom. The van der Waals surface area contributed by atoms with Gasteiger partial charge in [0, 0.05) is 50.0 Å². The highest BCUT2D eigenvalue weighted by Crippen LogP contribution is 2.22. The van der Waals surface area contributed by atoms with E-state index in [1.165, 1.54) is 0 Å². The van der Waals surface area contributed by atoms with Crippen molar-refractivity contribution in [3.63, 3.8) is 0 Å². The van der Waals surface area contributed by atoms with Gasteiger partial charge < -0.3 is 14.5 Å². The Bertz CT molecular complexity index is 594. The molecule has 0 bridgehead atoms. The van der Waals surface area contributed by atoms with Crippen LogP contribution < -0.4 is 4.90 Å². The number of carbonyl (C=O) groups excluding carboxylic acids is 1. The second kappa shape index (κ2) is 7.94. The second-order valence-corrected chi connectivity index (χ2v) is 7.62. The average molecular weight is 366 g/mol. The molecule has 2 aliphatic heterocycles. The van der Waals surface area contributed by atoms with E-state index in [0.29, 0.717) is 13.1 Å². The number of ether oxygens (including phenoxy) is 1. The fourth-order valence-corrected chi connectivity index (χ4v) is 4.00. The summed E-state index contributed by atoms with van der Waals surface area (Å²) in [6, 6.07) is 7.89. The monoisotopic (exact) mass is 365 g/mol. The molecular weight excluding hydrogens is 338 g/mol. The number of nitrogens with zero attached hydrogens (tertiary/aromatic N) is 3. The van der Waals surface area contributed by atoms with Gasteiger partial charge in [-0.15, -0.1) is 0 Å². The van der Waals surface area contributed by atoms with Crippen LogP contribution in [-0.4, -0.2) is 73.2 Å². The van der Waals surface area contributed by atoms with Gasteiger partial charge >= 0.3 is 0 Å². The van der Waals surface area contributed by atoms with Gasteiger partial charge in [0.1, 0.15) is 0 Å². The third kappa shape index (κ3) is 4.46. The zero-order valence-electron chi connectivity index (χ0n) is 15.3. The number of carbonyl (C=O) groups is 1. The van der Waals surface area contributed by atoms with Crippen molar-refractivity contribution in [1.29, 1.82) is 0 Å². The molecule has 0 spiro atoms. The smallest absolute Gasteiger partial charge is 0.239 e. The largest absolute Gasteiger partial charge is 0.372 e. The van der Waals surface area contributed by atoms with Gasteiger partial charge in [-0.25, -0.2) is 0 Å². The molecule has 6 heteroatoms. The van der Waals surface area contributed by atoms with E-state index in [1.54, 1.807) is 0 Å². The molecule has 2 heterocycles. The van der Waals surface area contributed by atoms with Crippen molar-refractivity contribution in [2.45, 2.75) is 39.0 Å². The summed E-state index contributed by atoms with van der Waals surface area (Å²) < 4.78 is 5.74. The van der Waals surface area contributed by atoms with E-state index < -0.39 is 0 Å². The SMILES string of the molecule is CC1CN(C(=O)C(C)N2CCN(c3cccc(Cl)c3)CC2)CC(C)O1. The van der Waals surface area contributed by atoms with Gasteiger partial charge in [-0.05, 0) is 39.0 Å². The van der Waals surface area contributed by atoms with Crippen molar-refractivity contribution in [3.05, 3.63) is 29.3 Å². The number of hydrogen-bond acceptors (Lipinski definition) is 4. The van der Waals surface area contributed by atoms with E-state index in [0.717, 1.165) is 36.9 Å². The van der Waals surface area contributed by atoms with E-state index in [4.69, 9.17) is 16.3 Å². The van der Waals surface area contributed by atoms with Gasteiger partial charge in [0.25, 0.3) is 0 Å². The molecule has 5 nitrogen and oxygen atoms in total. The molecule has 3 unspecified atom stereocenters. The minimum Gasteiger partial charge on any atom is -0.372 e. The molecule has 3 atom stereocenters. The van der Waals surface area contributed by atoms with E-state index in [1.807, 2.05) is 43.9 Å². The van der Waals surface area contributed by atoms with Crippen molar-refractivity contribution in [1.82, 2.24) is 9.80 Å². The molecule has 2 aliphatic rings. The van der Waals surface area contributed by atoms with Crippen LogP contribution in [0.25, 0.3) is 0 Å². The molecule has 2 fully saturated rings. The summed E-state index contributed by atoms with van der Waals surface area (Å²) in [5.74, 6) is 0.221. The maximum absolute atomic E-state index is 12.9. The molecule has 138 valence electrons. The summed E-state index contributed by atoms with van der Waals surface area (Å²) in [5, 5.41) is 0.763. The number of piperazine rings is 1. The third-order valence-electron chi connectivity index (χ3n) is 5.12. The molecule has 1 aromatic carbocycles. The Hall–Kier alpha value is -1.30. The fraction of sp³-hybridized carbons (Fsp3) is 0.632. The molecule has 3 rings (SSSR count). The molecule has 0 aliphatic carbocycles. The van der Waals surface area contributed by atoms with E-state index in [9.17, 15) is 4.79 Å². The third-order valence-corrected chi connectivity index (χ3v) is 5.36. The number of halogens is 1.